The monoisotopic (exact) mass is 239 g/mol. The Kier molecular flexibility index (Phi) is 4.78. The van der Waals surface area contributed by atoms with Crippen LogP contribution in [0.1, 0.15) is 12.0 Å². The molecule has 5 heteroatoms. The van der Waals surface area contributed by atoms with E-state index in [1.54, 1.807) is 13.2 Å². The lowest BCUT2D eigenvalue weighted by Crippen LogP contribution is -2.22. The van der Waals surface area contributed by atoms with Gasteiger partial charge in [0, 0.05) is 12.2 Å². The zero-order valence-electron chi connectivity index (χ0n) is 9.93. The lowest BCUT2D eigenvalue weighted by Gasteiger charge is -2.13. The number of carboxylic acid groups (broad SMARTS) is 1. The summed E-state index contributed by atoms with van der Waals surface area (Å²) in [6.45, 7) is 2.12. The quantitative estimate of drug-likeness (QED) is 0.696. The zero-order chi connectivity index (χ0) is 12.8. The lowest BCUT2D eigenvalue weighted by atomic mass is 10.1. The summed E-state index contributed by atoms with van der Waals surface area (Å²) in [5.41, 5.74) is 1.84. The molecule has 1 rings (SSSR count). The van der Waals surface area contributed by atoms with Crippen molar-refractivity contribution in [2.45, 2.75) is 19.4 Å². The van der Waals surface area contributed by atoms with Gasteiger partial charge in [-0.3, -0.25) is 4.79 Å². The molecule has 17 heavy (non-hydrogen) atoms. The molecule has 1 aromatic carbocycles. The predicted octanol–water partition coefficient (Wildman–Crippen LogP) is 1.25. The van der Waals surface area contributed by atoms with Crippen molar-refractivity contribution in [1.29, 1.82) is 0 Å². The third-order valence-electron chi connectivity index (χ3n) is 2.37. The van der Waals surface area contributed by atoms with Crippen LogP contribution in [0.25, 0.3) is 0 Å². The summed E-state index contributed by atoms with van der Waals surface area (Å²) in [6.07, 6.45) is -1.16. The van der Waals surface area contributed by atoms with E-state index in [0.29, 0.717) is 0 Å². The Morgan fingerprint density at radius 3 is 2.76 bits per heavy atom. The number of hydrogen-bond donors (Lipinski definition) is 3. The Morgan fingerprint density at radius 2 is 2.24 bits per heavy atom. The van der Waals surface area contributed by atoms with Crippen LogP contribution < -0.4 is 10.1 Å². The van der Waals surface area contributed by atoms with Crippen molar-refractivity contribution in [3.8, 4) is 5.75 Å². The van der Waals surface area contributed by atoms with Crippen molar-refractivity contribution in [3.05, 3.63) is 23.8 Å². The first kappa shape index (κ1) is 13.3. The Balaban J connectivity index is 2.54. The topological polar surface area (TPSA) is 78.8 Å². The third kappa shape index (κ3) is 4.32. The SMILES string of the molecule is COc1ccc(NCC(O)CC(=O)O)c(C)c1. The molecule has 0 aliphatic rings. The van der Waals surface area contributed by atoms with E-state index < -0.39 is 12.1 Å². The molecular formula is C12H17NO4. The smallest absolute Gasteiger partial charge is 0.306 e. The molecule has 0 saturated heterocycles. The van der Waals surface area contributed by atoms with Gasteiger partial charge in [-0.1, -0.05) is 0 Å². The van der Waals surface area contributed by atoms with Gasteiger partial charge in [-0.15, -0.1) is 0 Å². The molecule has 5 nitrogen and oxygen atoms in total. The summed E-state index contributed by atoms with van der Waals surface area (Å²) in [7, 11) is 1.60. The van der Waals surface area contributed by atoms with Gasteiger partial charge in [-0.25, -0.2) is 0 Å². The molecule has 3 N–H and O–H groups in total. The number of ether oxygens (including phenoxy) is 1. The van der Waals surface area contributed by atoms with Gasteiger partial charge in [-0.2, -0.15) is 0 Å². The Hall–Kier alpha value is -1.75. The van der Waals surface area contributed by atoms with Crippen LogP contribution in [-0.2, 0) is 4.79 Å². The van der Waals surface area contributed by atoms with E-state index in [9.17, 15) is 9.90 Å². The molecule has 0 aliphatic carbocycles. The van der Waals surface area contributed by atoms with Crippen LogP contribution in [-0.4, -0.2) is 35.9 Å². The number of aliphatic hydroxyl groups is 1. The van der Waals surface area contributed by atoms with Crippen molar-refractivity contribution in [2.24, 2.45) is 0 Å². The first-order valence-corrected chi connectivity index (χ1v) is 5.31. The van der Waals surface area contributed by atoms with Crippen LogP contribution in [0.15, 0.2) is 18.2 Å². The second-order valence-corrected chi connectivity index (χ2v) is 3.81. The largest absolute Gasteiger partial charge is 0.497 e. The predicted molar refractivity (Wildman–Crippen MR) is 64.5 cm³/mol. The second kappa shape index (κ2) is 6.10. The number of benzene rings is 1. The van der Waals surface area contributed by atoms with Gasteiger partial charge in [0.15, 0.2) is 0 Å². The molecule has 0 fully saturated rings. The summed E-state index contributed by atoms with van der Waals surface area (Å²) in [4.78, 5) is 10.4. The van der Waals surface area contributed by atoms with Gasteiger partial charge in [0.2, 0.25) is 0 Å². The molecule has 94 valence electrons. The summed E-state index contributed by atoms with van der Waals surface area (Å²) in [6, 6.07) is 5.51. The van der Waals surface area contributed by atoms with Gasteiger partial charge < -0.3 is 20.3 Å². The maximum Gasteiger partial charge on any atom is 0.306 e. The molecule has 0 amide bonds. The number of carbonyl (C=O) groups is 1. The first-order valence-electron chi connectivity index (χ1n) is 5.31. The normalized spacial score (nSPS) is 11.9. The van der Waals surface area contributed by atoms with Crippen LogP contribution in [0, 0.1) is 6.92 Å². The number of aliphatic carboxylic acids is 1. The van der Waals surface area contributed by atoms with E-state index in [1.807, 2.05) is 19.1 Å². The molecular weight excluding hydrogens is 222 g/mol. The maximum atomic E-state index is 10.4. The highest BCUT2D eigenvalue weighted by Crippen LogP contribution is 2.20. The van der Waals surface area contributed by atoms with Crippen LogP contribution in [0.5, 0.6) is 5.75 Å². The number of carboxylic acids is 1. The average molecular weight is 239 g/mol. The van der Waals surface area contributed by atoms with Crippen LogP contribution >= 0.6 is 0 Å². The number of anilines is 1. The van der Waals surface area contributed by atoms with Gasteiger partial charge in [0.1, 0.15) is 5.75 Å². The fraction of sp³-hybridized carbons (Fsp3) is 0.417. The van der Waals surface area contributed by atoms with E-state index in [-0.39, 0.29) is 13.0 Å². The standard InChI is InChI=1S/C12H17NO4/c1-8-5-10(17-2)3-4-11(8)13-7-9(14)6-12(15)16/h3-5,9,13-14H,6-7H2,1-2H3,(H,15,16). The van der Waals surface area contributed by atoms with Gasteiger partial charge in [0.05, 0.1) is 19.6 Å². The number of rotatable bonds is 6. The van der Waals surface area contributed by atoms with Gasteiger partial charge in [0.25, 0.3) is 0 Å². The number of hydrogen-bond acceptors (Lipinski definition) is 4. The van der Waals surface area contributed by atoms with E-state index in [0.717, 1.165) is 17.0 Å². The number of nitrogens with one attached hydrogen (secondary N) is 1. The van der Waals surface area contributed by atoms with E-state index in [2.05, 4.69) is 5.32 Å². The fourth-order valence-corrected chi connectivity index (χ4v) is 1.46. The molecule has 0 aliphatic heterocycles. The zero-order valence-corrected chi connectivity index (χ0v) is 9.93. The molecule has 1 unspecified atom stereocenters. The molecule has 0 radical (unpaired) electrons. The number of methoxy groups -OCH3 is 1. The Bertz CT molecular complexity index is 392. The molecule has 0 heterocycles. The number of aliphatic hydroxyl groups excluding tert-OH is 1. The summed E-state index contributed by atoms with van der Waals surface area (Å²) >= 11 is 0. The summed E-state index contributed by atoms with van der Waals surface area (Å²) in [5, 5.41) is 20.9. The molecule has 0 aromatic heterocycles. The summed E-state index contributed by atoms with van der Waals surface area (Å²) in [5.74, 6) is -0.245. The molecule has 1 atom stereocenters. The Morgan fingerprint density at radius 1 is 1.53 bits per heavy atom. The molecule has 0 saturated carbocycles. The van der Waals surface area contributed by atoms with E-state index in [1.165, 1.54) is 0 Å². The van der Waals surface area contributed by atoms with Crippen LogP contribution in [0.4, 0.5) is 5.69 Å². The van der Waals surface area contributed by atoms with Gasteiger partial charge >= 0.3 is 5.97 Å². The minimum absolute atomic E-state index is 0.208. The van der Waals surface area contributed by atoms with Crippen molar-refractivity contribution in [3.63, 3.8) is 0 Å². The highest BCUT2D eigenvalue weighted by Gasteiger charge is 2.09. The highest BCUT2D eigenvalue weighted by atomic mass is 16.5. The first-order chi connectivity index (χ1) is 8.02. The molecule has 0 bridgehead atoms. The minimum Gasteiger partial charge on any atom is -0.497 e. The molecule has 1 aromatic rings. The highest BCUT2D eigenvalue weighted by molar-refractivity contribution is 5.67. The van der Waals surface area contributed by atoms with Crippen LogP contribution in [0.2, 0.25) is 0 Å². The fourth-order valence-electron chi connectivity index (χ4n) is 1.46. The second-order valence-electron chi connectivity index (χ2n) is 3.81. The Labute approximate surface area is 100 Å². The van der Waals surface area contributed by atoms with Crippen molar-refractivity contribution in [1.82, 2.24) is 0 Å². The van der Waals surface area contributed by atoms with E-state index >= 15 is 0 Å². The van der Waals surface area contributed by atoms with Crippen molar-refractivity contribution in [2.75, 3.05) is 19.0 Å². The van der Waals surface area contributed by atoms with Crippen molar-refractivity contribution >= 4 is 11.7 Å². The summed E-state index contributed by atoms with van der Waals surface area (Å²) < 4.78 is 5.07. The van der Waals surface area contributed by atoms with E-state index in [4.69, 9.17) is 9.84 Å². The minimum atomic E-state index is -1.01. The number of aryl methyl sites for hydroxylation is 1. The van der Waals surface area contributed by atoms with Crippen LogP contribution in [0.3, 0.4) is 0 Å². The van der Waals surface area contributed by atoms with Gasteiger partial charge in [-0.05, 0) is 30.7 Å². The van der Waals surface area contributed by atoms with Crippen molar-refractivity contribution < 1.29 is 19.7 Å². The lowest BCUT2D eigenvalue weighted by molar-refractivity contribution is -0.138. The molecule has 0 spiro atoms. The maximum absolute atomic E-state index is 10.4. The third-order valence-corrected chi connectivity index (χ3v) is 2.37. The average Bonchev–Trinajstić information content (AvgIpc) is 2.26.